The van der Waals surface area contributed by atoms with Crippen molar-refractivity contribution < 1.29 is 4.74 Å². The summed E-state index contributed by atoms with van der Waals surface area (Å²) in [7, 11) is 0. The van der Waals surface area contributed by atoms with Crippen molar-refractivity contribution in [2.45, 2.75) is 19.4 Å². The minimum Gasteiger partial charge on any atom is -0.372 e. The zero-order valence-corrected chi connectivity index (χ0v) is 11.6. The molecule has 1 heterocycles. The molecule has 0 atom stereocenters. The molecular formula is C13H15BrN2O. The monoisotopic (exact) mass is 294 g/mol. The Morgan fingerprint density at radius 3 is 2.82 bits per heavy atom. The summed E-state index contributed by atoms with van der Waals surface area (Å²) < 4.78 is 6.54. The molecule has 0 unspecified atom stereocenters. The molecule has 0 aromatic heterocycles. The lowest BCUT2D eigenvalue weighted by Gasteiger charge is -2.39. The molecular weight excluding hydrogens is 280 g/mol. The van der Waals surface area contributed by atoms with Crippen LogP contribution >= 0.6 is 15.9 Å². The second kappa shape index (κ2) is 4.67. The average Bonchev–Trinajstić information content (AvgIpc) is 2.27. The van der Waals surface area contributed by atoms with E-state index in [4.69, 9.17) is 10.00 Å². The Morgan fingerprint density at radius 1 is 1.47 bits per heavy atom. The van der Waals surface area contributed by atoms with Crippen LogP contribution in [0.2, 0.25) is 0 Å². The van der Waals surface area contributed by atoms with Crippen LogP contribution in [0.15, 0.2) is 22.7 Å². The summed E-state index contributed by atoms with van der Waals surface area (Å²) in [5, 5.41) is 8.89. The standard InChI is InChI=1S/C13H15BrN2O/c1-13(2)9-16(5-6-17-13)11-4-3-10(8-15)12(14)7-11/h3-4,7H,5-6,9H2,1-2H3. The molecule has 0 aliphatic carbocycles. The Balaban J connectivity index is 2.23. The molecule has 0 amide bonds. The van der Waals surface area contributed by atoms with Gasteiger partial charge >= 0.3 is 0 Å². The van der Waals surface area contributed by atoms with Gasteiger partial charge in [0.25, 0.3) is 0 Å². The van der Waals surface area contributed by atoms with Gasteiger partial charge in [0.15, 0.2) is 0 Å². The summed E-state index contributed by atoms with van der Waals surface area (Å²) in [6.45, 7) is 6.69. The highest BCUT2D eigenvalue weighted by Crippen LogP contribution is 2.27. The van der Waals surface area contributed by atoms with Crippen LogP contribution in [0.3, 0.4) is 0 Å². The predicted octanol–water partition coefficient (Wildman–Crippen LogP) is 2.94. The van der Waals surface area contributed by atoms with E-state index >= 15 is 0 Å². The van der Waals surface area contributed by atoms with Crippen molar-refractivity contribution in [1.82, 2.24) is 0 Å². The maximum absolute atomic E-state index is 8.89. The van der Waals surface area contributed by atoms with Crippen LogP contribution in [0.25, 0.3) is 0 Å². The lowest BCUT2D eigenvalue weighted by atomic mass is 10.1. The second-order valence-electron chi connectivity index (χ2n) is 4.81. The largest absolute Gasteiger partial charge is 0.372 e. The first-order chi connectivity index (χ1) is 8.02. The normalized spacial score (nSPS) is 18.8. The molecule has 0 bridgehead atoms. The van der Waals surface area contributed by atoms with Gasteiger partial charge in [0.2, 0.25) is 0 Å². The number of hydrogen-bond donors (Lipinski definition) is 0. The number of ether oxygens (including phenoxy) is 1. The summed E-state index contributed by atoms with van der Waals surface area (Å²) in [5.74, 6) is 0. The van der Waals surface area contributed by atoms with Gasteiger partial charge in [0.05, 0.1) is 17.8 Å². The number of rotatable bonds is 1. The van der Waals surface area contributed by atoms with Crippen molar-refractivity contribution in [3.8, 4) is 6.07 Å². The van der Waals surface area contributed by atoms with Crippen molar-refractivity contribution in [2.24, 2.45) is 0 Å². The Bertz CT molecular complexity index is 465. The number of hydrogen-bond acceptors (Lipinski definition) is 3. The first-order valence-corrected chi connectivity index (χ1v) is 6.40. The van der Waals surface area contributed by atoms with Crippen LogP contribution in [-0.2, 0) is 4.74 Å². The molecule has 1 aromatic carbocycles. The first-order valence-electron chi connectivity index (χ1n) is 5.60. The van der Waals surface area contributed by atoms with Crippen LogP contribution in [0.4, 0.5) is 5.69 Å². The molecule has 1 aliphatic heterocycles. The van der Waals surface area contributed by atoms with Gasteiger partial charge in [-0.25, -0.2) is 0 Å². The van der Waals surface area contributed by atoms with Crippen LogP contribution in [-0.4, -0.2) is 25.3 Å². The molecule has 0 radical (unpaired) electrons. The molecule has 1 fully saturated rings. The van der Waals surface area contributed by atoms with E-state index in [0.717, 1.165) is 29.9 Å². The van der Waals surface area contributed by atoms with Gasteiger partial charge in [0.1, 0.15) is 6.07 Å². The Kier molecular flexibility index (Phi) is 3.41. The summed E-state index contributed by atoms with van der Waals surface area (Å²) in [6, 6.07) is 7.99. The molecule has 1 saturated heterocycles. The van der Waals surface area contributed by atoms with Crippen LogP contribution in [0, 0.1) is 11.3 Å². The van der Waals surface area contributed by atoms with Crippen LogP contribution in [0.5, 0.6) is 0 Å². The Labute approximate surface area is 110 Å². The smallest absolute Gasteiger partial charge is 0.100 e. The van der Waals surface area contributed by atoms with E-state index < -0.39 is 0 Å². The van der Waals surface area contributed by atoms with Gasteiger partial charge in [-0.15, -0.1) is 0 Å². The van der Waals surface area contributed by atoms with Crippen molar-refractivity contribution in [3.05, 3.63) is 28.2 Å². The van der Waals surface area contributed by atoms with Gasteiger partial charge < -0.3 is 9.64 Å². The van der Waals surface area contributed by atoms with Gasteiger partial charge in [-0.1, -0.05) is 0 Å². The minimum atomic E-state index is -0.112. The van der Waals surface area contributed by atoms with E-state index in [0.29, 0.717) is 5.56 Å². The van der Waals surface area contributed by atoms with E-state index in [1.807, 2.05) is 18.2 Å². The molecule has 90 valence electrons. The molecule has 1 aliphatic rings. The van der Waals surface area contributed by atoms with Crippen molar-refractivity contribution in [1.29, 1.82) is 5.26 Å². The van der Waals surface area contributed by atoms with Crippen molar-refractivity contribution in [2.75, 3.05) is 24.6 Å². The van der Waals surface area contributed by atoms with E-state index in [2.05, 4.69) is 40.7 Å². The van der Waals surface area contributed by atoms with E-state index in [1.54, 1.807) is 0 Å². The third-order valence-corrected chi connectivity index (χ3v) is 3.52. The lowest BCUT2D eigenvalue weighted by molar-refractivity contribution is -0.0276. The number of morpholine rings is 1. The third kappa shape index (κ3) is 2.80. The quantitative estimate of drug-likeness (QED) is 0.799. The molecule has 0 saturated carbocycles. The van der Waals surface area contributed by atoms with Gasteiger partial charge in [-0.3, -0.25) is 0 Å². The van der Waals surface area contributed by atoms with E-state index in [1.165, 1.54) is 0 Å². The second-order valence-corrected chi connectivity index (χ2v) is 5.66. The summed E-state index contributed by atoms with van der Waals surface area (Å²) in [6.07, 6.45) is 0. The molecule has 17 heavy (non-hydrogen) atoms. The molecule has 4 heteroatoms. The topological polar surface area (TPSA) is 36.3 Å². The number of nitriles is 1. The Morgan fingerprint density at radius 2 is 2.24 bits per heavy atom. The minimum absolute atomic E-state index is 0.112. The van der Waals surface area contributed by atoms with Gasteiger partial charge in [0, 0.05) is 23.2 Å². The van der Waals surface area contributed by atoms with Crippen molar-refractivity contribution >= 4 is 21.6 Å². The zero-order valence-electron chi connectivity index (χ0n) is 10.0. The number of halogens is 1. The fourth-order valence-electron chi connectivity index (χ4n) is 2.03. The maximum atomic E-state index is 8.89. The SMILES string of the molecule is CC1(C)CN(c2ccc(C#N)c(Br)c2)CCO1. The fraction of sp³-hybridized carbons (Fsp3) is 0.462. The Hall–Kier alpha value is -1.05. The maximum Gasteiger partial charge on any atom is 0.100 e. The third-order valence-electron chi connectivity index (χ3n) is 2.86. The summed E-state index contributed by atoms with van der Waals surface area (Å²) in [5.41, 5.74) is 1.69. The van der Waals surface area contributed by atoms with Gasteiger partial charge in [-0.2, -0.15) is 5.26 Å². The fourth-order valence-corrected chi connectivity index (χ4v) is 2.48. The first kappa shape index (κ1) is 12.4. The molecule has 3 nitrogen and oxygen atoms in total. The highest BCUT2D eigenvalue weighted by Gasteiger charge is 2.27. The molecule has 0 spiro atoms. The highest BCUT2D eigenvalue weighted by atomic mass is 79.9. The number of nitrogens with zero attached hydrogens (tertiary/aromatic N) is 2. The highest BCUT2D eigenvalue weighted by molar-refractivity contribution is 9.10. The van der Waals surface area contributed by atoms with E-state index in [-0.39, 0.29) is 5.60 Å². The molecule has 0 N–H and O–H groups in total. The molecule has 2 rings (SSSR count). The molecule has 1 aromatic rings. The van der Waals surface area contributed by atoms with Crippen molar-refractivity contribution in [3.63, 3.8) is 0 Å². The number of anilines is 1. The van der Waals surface area contributed by atoms with E-state index in [9.17, 15) is 0 Å². The summed E-state index contributed by atoms with van der Waals surface area (Å²) in [4.78, 5) is 2.29. The predicted molar refractivity (Wildman–Crippen MR) is 71.1 cm³/mol. The van der Waals surface area contributed by atoms with Crippen LogP contribution < -0.4 is 4.90 Å². The average molecular weight is 295 g/mol. The summed E-state index contributed by atoms with van der Waals surface area (Å²) >= 11 is 3.42. The van der Waals surface area contributed by atoms with Crippen LogP contribution in [0.1, 0.15) is 19.4 Å². The number of benzene rings is 1. The lowest BCUT2D eigenvalue weighted by Crippen LogP contribution is -2.48. The van der Waals surface area contributed by atoms with Gasteiger partial charge in [-0.05, 0) is 48.0 Å². The zero-order chi connectivity index (χ0) is 12.5.